The highest BCUT2D eigenvalue weighted by Crippen LogP contribution is 2.20. The van der Waals surface area contributed by atoms with Crippen LogP contribution < -0.4 is 5.32 Å². The summed E-state index contributed by atoms with van der Waals surface area (Å²) in [4.78, 5) is 0. The highest BCUT2D eigenvalue weighted by atomic mass is 35.5. The van der Waals surface area contributed by atoms with E-state index in [1.54, 1.807) is 0 Å². The molecule has 0 spiro atoms. The van der Waals surface area contributed by atoms with Gasteiger partial charge in [-0.25, -0.2) is 0 Å². The van der Waals surface area contributed by atoms with Crippen molar-refractivity contribution in [3.05, 3.63) is 33.8 Å². The summed E-state index contributed by atoms with van der Waals surface area (Å²) in [5, 5.41) is 4.90. The van der Waals surface area contributed by atoms with Crippen molar-refractivity contribution in [3.63, 3.8) is 0 Å². The molecule has 1 N–H and O–H groups in total. The van der Waals surface area contributed by atoms with E-state index in [9.17, 15) is 0 Å². The zero-order chi connectivity index (χ0) is 12.1. The Kier molecular flexibility index (Phi) is 5.11. The van der Waals surface area contributed by atoms with Crippen molar-refractivity contribution >= 4 is 23.2 Å². The normalized spacial score (nSPS) is 19.8. The smallest absolute Gasteiger partial charge is 0.0495 e. The summed E-state index contributed by atoms with van der Waals surface area (Å²) in [5.74, 6) is 0.720. The lowest BCUT2D eigenvalue weighted by Gasteiger charge is -2.10. The molecule has 2 nitrogen and oxygen atoms in total. The summed E-state index contributed by atoms with van der Waals surface area (Å²) < 4.78 is 5.34. The van der Waals surface area contributed by atoms with Gasteiger partial charge in [-0.05, 0) is 49.1 Å². The molecule has 94 valence electrons. The molecule has 2 rings (SSSR count). The van der Waals surface area contributed by atoms with E-state index in [1.807, 2.05) is 18.2 Å². The number of halogens is 2. The molecule has 1 aromatic carbocycles. The maximum atomic E-state index is 6.08. The first kappa shape index (κ1) is 13.2. The van der Waals surface area contributed by atoms with Gasteiger partial charge in [0.2, 0.25) is 0 Å². The number of rotatable bonds is 5. The summed E-state index contributed by atoms with van der Waals surface area (Å²) in [6.07, 6.45) is 2.36. The van der Waals surface area contributed by atoms with Gasteiger partial charge in [0.05, 0.1) is 0 Å². The van der Waals surface area contributed by atoms with Crippen molar-refractivity contribution in [3.8, 4) is 0 Å². The van der Waals surface area contributed by atoms with E-state index in [1.165, 1.54) is 6.42 Å². The Morgan fingerprint density at radius 3 is 3.00 bits per heavy atom. The molecule has 4 heteroatoms. The fourth-order valence-corrected chi connectivity index (χ4v) is 2.40. The summed E-state index contributed by atoms with van der Waals surface area (Å²) in [6, 6.07) is 5.56. The predicted octanol–water partition coefficient (Wildman–Crippen LogP) is 3.51. The SMILES string of the molecule is Clc1ccc(Cl)c(CNCCC2CCOC2)c1. The van der Waals surface area contributed by atoms with Crippen LogP contribution in [0.3, 0.4) is 0 Å². The number of benzene rings is 1. The monoisotopic (exact) mass is 273 g/mol. The second-order valence-electron chi connectivity index (χ2n) is 4.43. The van der Waals surface area contributed by atoms with Crippen LogP contribution >= 0.6 is 23.2 Å². The van der Waals surface area contributed by atoms with Gasteiger partial charge in [0.25, 0.3) is 0 Å². The molecule has 0 aliphatic carbocycles. The minimum Gasteiger partial charge on any atom is -0.381 e. The van der Waals surface area contributed by atoms with Crippen molar-refractivity contribution < 1.29 is 4.74 Å². The third-order valence-electron chi connectivity index (χ3n) is 3.08. The first-order chi connectivity index (χ1) is 8.25. The van der Waals surface area contributed by atoms with Gasteiger partial charge in [-0.3, -0.25) is 0 Å². The average molecular weight is 274 g/mol. The first-order valence-corrected chi connectivity index (χ1v) is 6.73. The zero-order valence-electron chi connectivity index (χ0n) is 9.72. The van der Waals surface area contributed by atoms with Crippen LogP contribution in [0, 0.1) is 5.92 Å². The van der Waals surface area contributed by atoms with Crippen LogP contribution in [0.25, 0.3) is 0 Å². The van der Waals surface area contributed by atoms with Crippen LogP contribution in [0.1, 0.15) is 18.4 Å². The highest BCUT2D eigenvalue weighted by molar-refractivity contribution is 6.33. The zero-order valence-corrected chi connectivity index (χ0v) is 11.2. The molecular formula is C13H17Cl2NO. The molecule has 1 heterocycles. The molecule has 0 saturated carbocycles. The molecular weight excluding hydrogens is 257 g/mol. The molecule has 17 heavy (non-hydrogen) atoms. The van der Waals surface area contributed by atoms with Crippen molar-refractivity contribution in [2.24, 2.45) is 5.92 Å². The number of hydrogen-bond donors (Lipinski definition) is 1. The quantitative estimate of drug-likeness (QED) is 0.830. The lowest BCUT2D eigenvalue weighted by Crippen LogP contribution is -2.18. The lowest BCUT2D eigenvalue weighted by molar-refractivity contribution is 0.184. The molecule has 1 atom stereocenters. The Morgan fingerprint density at radius 1 is 1.35 bits per heavy atom. The number of hydrogen-bond acceptors (Lipinski definition) is 2. The molecule has 1 aliphatic heterocycles. The van der Waals surface area contributed by atoms with Crippen molar-refractivity contribution in [1.82, 2.24) is 5.32 Å². The van der Waals surface area contributed by atoms with E-state index >= 15 is 0 Å². The van der Waals surface area contributed by atoms with Crippen LogP contribution in [0.2, 0.25) is 10.0 Å². The van der Waals surface area contributed by atoms with Crippen LogP contribution in [-0.4, -0.2) is 19.8 Å². The molecule has 1 aromatic rings. The highest BCUT2D eigenvalue weighted by Gasteiger charge is 2.14. The Hall–Kier alpha value is -0.280. The second-order valence-corrected chi connectivity index (χ2v) is 5.27. The van der Waals surface area contributed by atoms with Gasteiger partial charge in [-0.15, -0.1) is 0 Å². The standard InChI is InChI=1S/C13H17Cl2NO/c14-12-1-2-13(15)11(7-12)8-16-5-3-10-4-6-17-9-10/h1-2,7,10,16H,3-6,8-9H2. The van der Waals surface area contributed by atoms with Gasteiger partial charge in [0.1, 0.15) is 0 Å². The Labute approximate surface area is 112 Å². The first-order valence-electron chi connectivity index (χ1n) is 5.98. The second kappa shape index (κ2) is 6.60. The fraction of sp³-hybridized carbons (Fsp3) is 0.538. The van der Waals surface area contributed by atoms with E-state index < -0.39 is 0 Å². The van der Waals surface area contributed by atoms with Gasteiger partial charge >= 0.3 is 0 Å². The largest absolute Gasteiger partial charge is 0.381 e. The van der Waals surface area contributed by atoms with Gasteiger partial charge < -0.3 is 10.1 Å². The fourth-order valence-electron chi connectivity index (χ4n) is 2.02. The van der Waals surface area contributed by atoms with Crippen molar-refractivity contribution in [2.45, 2.75) is 19.4 Å². The summed E-state index contributed by atoms with van der Waals surface area (Å²) in [6.45, 7) is 3.61. The van der Waals surface area contributed by atoms with E-state index in [0.29, 0.717) is 0 Å². The van der Waals surface area contributed by atoms with E-state index in [2.05, 4.69) is 5.32 Å². The molecule has 0 radical (unpaired) electrons. The van der Waals surface area contributed by atoms with Crippen molar-refractivity contribution in [2.75, 3.05) is 19.8 Å². The Balaban J connectivity index is 1.72. The molecule has 1 unspecified atom stereocenters. The number of nitrogens with one attached hydrogen (secondary N) is 1. The van der Waals surface area contributed by atoms with E-state index in [0.717, 1.165) is 54.3 Å². The summed E-state index contributed by atoms with van der Waals surface area (Å²) in [5.41, 5.74) is 1.06. The van der Waals surface area contributed by atoms with Crippen LogP contribution in [0.4, 0.5) is 0 Å². The van der Waals surface area contributed by atoms with Crippen molar-refractivity contribution in [1.29, 1.82) is 0 Å². The predicted molar refractivity (Wildman–Crippen MR) is 71.7 cm³/mol. The Bertz CT molecular complexity index is 364. The van der Waals surface area contributed by atoms with Gasteiger partial charge in [-0.1, -0.05) is 23.2 Å². The molecule has 1 fully saturated rings. The van der Waals surface area contributed by atoms with E-state index in [-0.39, 0.29) is 0 Å². The van der Waals surface area contributed by atoms with Crippen LogP contribution in [0.5, 0.6) is 0 Å². The molecule has 0 bridgehead atoms. The van der Waals surface area contributed by atoms with Crippen LogP contribution in [0.15, 0.2) is 18.2 Å². The van der Waals surface area contributed by atoms with E-state index in [4.69, 9.17) is 27.9 Å². The maximum absolute atomic E-state index is 6.08. The Morgan fingerprint density at radius 2 is 2.24 bits per heavy atom. The molecule has 0 amide bonds. The minimum absolute atomic E-state index is 0.720. The lowest BCUT2D eigenvalue weighted by atomic mass is 10.1. The topological polar surface area (TPSA) is 21.3 Å². The van der Waals surface area contributed by atoms with Crippen LogP contribution in [-0.2, 0) is 11.3 Å². The molecule has 1 aliphatic rings. The third-order valence-corrected chi connectivity index (χ3v) is 3.68. The minimum atomic E-state index is 0.720. The maximum Gasteiger partial charge on any atom is 0.0495 e. The van der Waals surface area contributed by atoms with Gasteiger partial charge in [0, 0.05) is 29.8 Å². The third kappa shape index (κ3) is 4.14. The summed E-state index contributed by atoms with van der Waals surface area (Å²) >= 11 is 12.0. The molecule has 1 saturated heterocycles. The van der Waals surface area contributed by atoms with Gasteiger partial charge in [-0.2, -0.15) is 0 Å². The number of ether oxygens (including phenoxy) is 1. The molecule has 0 aromatic heterocycles. The van der Waals surface area contributed by atoms with Gasteiger partial charge in [0.15, 0.2) is 0 Å². The average Bonchev–Trinajstić information content (AvgIpc) is 2.82. The summed E-state index contributed by atoms with van der Waals surface area (Å²) in [7, 11) is 0.